The molecule has 0 aliphatic carbocycles. The van der Waals surface area contributed by atoms with Crippen molar-refractivity contribution in [3.63, 3.8) is 0 Å². The van der Waals surface area contributed by atoms with E-state index >= 15 is 0 Å². The maximum absolute atomic E-state index is 9.30. The Bertz CT molecular complexity index is 464. The average Bonchev–Trinajstić information content (AvgIpc) is 2.74. The number of nitrogens with one attached hydrogen (secondary N) is 1. The number of rotatable bonds is 4. The second kappa shape index (κ2) is 5.93. The van der Waals surface area contributed by atoms with E-state index in [2.05, 4.69) is 35.2 Å². The van der Waals surface area contributed by atoms with Crippen molar-refractivity contribution in [2.24, 2.45) is 5.92 Å². The van der Waals surface area contributed by atoms with Crippen LogP contribution in [0.1, 0.15) is 25.8 Å². The lowest BCUT2D eigenvalue weighted by Crippen LogP contribution is -2.44. The molecule has 0 radical (unpaired) electrons. The smallest absolute Gasteiger partial charge is 0.171 e. The maximum atomic E-state index is 9.30. The average molecular weight is 262 g/mol. The molecule has 1 aliphatic rings. The summed E-state index contributed by atoms with van der Waals surface area (Å²) in [6.07, 6.45) is 1.01. The molecule has 19 heavy (non-hydrogen) atoms. The van der Waals surface area contributed by atoms with Gasteiger partial charge in [-0.15, -0.1) is 0 Å². The predicted octanol–water partition coefficient (Wildman–Crippen LogP) is 0.793. The van der Waals surface area contributed by atoms with Crippen molar-refractivity contribution >= 4 is 11.6 Å². The van der Waals surface area contributed by atoms with Crippen LogP contribution >= 0.6 is 0 Å². The van der Waals surface area contributed by atoms with Gasteiger partial charge in [-0.1, -0.05) is 13.8 Å². The van der Waals surface area contributed by atoms with E-state index < -0.39 is 0 Å². The Hall–Kier alpha value is -1.74. The Morgan fingerprint density at radius 2 is 2.11 bits per heavy atom. The van der Waals surface area contributed by atoms with Crippen molar-refractivity contribution in [3.8, 4) is 6.07 Å². The Morgan fingerprint density at radius 3 is 2.68 bits per heavy atom. The number of nitrogen functional groups attached to an aromatic ring is 1. The number of hydrogen-bond acceptors (Lipinski definition) is 5. The lowest BCUT2D eigenvalue weighted by atomic mass is 10.1. The normalized spacial score (nSPS) is 15.8. The Labute approximate surface area is 114 Å². The molecule has 0 amide bonds. The van der Waals surface area contributed by atoms with Crippen molar-refractivity contribution < 1.29 is 0 Å². The third kappa shape index (κ3) is 2.99. The topological polar surface area (TPSA) is 82.9 Å². The molecule has 104 valence electrons. The minimum atomic E-state index is 0.497. The van der Waals surface area contributed by atoms with Crippen LogP contribution in [0.15, 0.2) is 0 Å². The molecule has 0 spiro atoms. The molecule has 1 aliphatic heterocycles. The summed E-state index contributed by atoms with van der Waals surface area (Å²) < 4.78 is 1.77. The van der Waals surface area contributed by atoms with E-state index in [1.807, 2.05) is 0 Å². The fourth-order valence-corrected chi connectivity index (χ4v) is 2.22. The molecule has 2 heterocycles. The van der Waals surface area contributed by atoms with Crippen molar-refractivity contribution in [1.82, 2.24) is 15.1 Å². The molecule has 0 bridgehead atoms. The van der Waals surface area contributed by atoms with Gasteiger partial charge in [0.1, 0.15) is 17.5 Å². The summed E-state index contributed by atoms with van der Waals surface area (Å²) in [5.41, 5.74) is 6.56. The highest BCUT2D eigenvalue weighted by Crippen LogP contribution is 2.25. The zero-order valence-corrected chi connectivity index (χ0v) is 11.7. The summed E-state index contributed by atoms with van der Waals surface area (Å²) in [5.74, 6) is 1.83. The first-order valence-electron chi connectivity index (χ1n) is 6.85. The van der Waals surface area contributed by atoms with Crippen LogP contribution in [0.3, 0.4) is 0 Å². The van der Waals surface area contributed by atoms with E-state index in [9.17, 15) is 5.26 Å². The summed E-state index contributed by atoms with van der Waals surface area (Å²) in [7, 11) is 0. The first-order chi connectivity index (χ1) is 9.13. The molecule has 0 saturated carbocycles. The van der Waals surface area contributed by atoms with Crippen molar-refractivity contribution in [2.45, 2.75) is 26.8 Å². The highest BCUT2D eigenvalue weighted by atomic mass is 15.4. The zero-order valence-electron chi connectivity index (χ0n) is 11.7. The number of nitrogens with zero attached hydrogens (tertiary/aromatic N) is 4. The molecule has 1 aromatic rings. The largest absolute Gasteiger partial charge is 0.383 e. The van der Waals surface area contributed by atoms with Gasteiger partial charge in [0, 0.05) is 32.7 Å². The van der Waals surface area contributed by atoms with Gasteiger partial charge in [-0.2, -0.15) is 10.4 Å². The van der Waals surface area contributed by atoms with Crippen molar-refractivity contribution in [2.75, 3.05) is 36.8 Å². The highest BCUT2D eigenvalue weighted by molar-refractivity contribution is 5.65. The minimum Gasteiger partial charge on any atom is -0.383 e. The van der Waals surface area contributed by atoms with Crippen LogP contribution in [0.2, 0.25) is 0 Å². The van der Waals surface area contributed by atoms with E-state index in [0.29, 0.717) is 17.3 Å². The Balaban J connectivity index is 2.22. The molecular weight excluding hydrogens is 240 g/mol. The van der Waals surface area contributed by atoms with Crippen LogP contribution in [-0.2, 0) is 6.54 Å². The number of aromatic nitrogens is 2. The van der Waals surface area contributed by atoms with Gasteiger partial charge >= 0.3 is 0 Å². The monoisotopic (exact) mass is 262 g/mol. The predicted molar refractivity (Wildman–Crippen MR) is 75.9 cm³/mol. The molecule has 6 heteroatoms. The SMILES string of the molecule is CC(C)CCn1nc(N2CCNCC2)c(C#N)c1N. The summed E-state index contributed by atoms with van der Waals surface area (Å²) in [5, 5.41) is 17.1. The molecule has 1 aromatic heterocycles. The van der Waals surface area contributed by atoms with E-state index in [1.165, 1.54) is 0 Å². The molecule has 0 unspecified atom stereocenters. The van der Waals surface area contributed by atoms with E-state index in [4.69, 9.17) is 5.73 Å². The lowest BCUT2D eigenvalue weighted by molar-refractivity contribution is 0.489. The minimum absolute atomic E-state index is 0.497. The number of anilines is 2. The van der Waals surface area contributed by atoms with Gasteiger partial charge in [-0.05, 0) is 12.3 Å². The number of nitriles is 1. The van der Waals surface area contributed by atoms with Crippen molar-refractivity contribution in [3.05, 3.63) is 5.56 Å². The van der Waals surface area contributed by atoms with Gasteiger partial charge in [-0.25, -0.2) is 4.68 Å². The third-order valence-corrected chi connectivity index (χ3v) is 3.42. The van der Waals surface area contributed by atoms with Crippen LogP contribution < -0.4 is 16.0 Å². The summed E-state index contributed by atoms with van der Waals surface area (Å²) in [4.78, 5) is 2.14. The molecule has 1 saturated heterocycles. The van der Waals surface area contributed by atoms with Crippen LogP contribution in [-0.4, -0.2) is 36.0 Å². The number of aryl methyl sites for hydroxylation is 1. The van der Waals surface area contributed by atoms with Gasteiger partial charge in [0.15, 0.2) is 5.82 Å². The molecule has 0 atom stereocenters. The fraction of sp³-hybridized carbons (Fsp3) is 0.692. The van der Waals surface area contributed by atoms with Crippen LogP contribution in [0.4, 0.5) is 11.6 Å². The first kappa shape index (κ1) is 13.7. The van der Waals surface area contributed by atoms with Crippen LogP contribution in [0.25, 0.3) is 0 Å². The first-order valence-corrected chi connectivity index (χ1v) is 6.85. The molecule has 6 nitrogen and oxygen atoms in total. The standard InChI is InChI=1S/C13H22N6/c1-10(2)3-6-19-12(15)11(9-14)13(17-19)18-7-4-16-5-8-18/h10,16H,3-8,15H2,1-2H3. The van der Waals surface area contributed by atoms with Crippen LogP contribution in [0, 0.1) is 17.2 Å². The summed E-state index contributed by atoms with van der Waals surface area (Å²) >= 11 is 0. The number of piperazine rings is 1. The van der Waals surface area contributed by atoms with Crippen molar-refractivity contribution in [1.29, 1.82) is 5.26 Å². The quantitative estimate of drug-likeness (QED) is 0.838. The van der Waals surface area contributed by atoms with E-state index in [0.717, 1.165) is 45.0 Å². The molecule has 3 N–H and O–H groups in total. The summed E-state index contributed by atoms with van der Waals surface area (Å²) in [6, 6.07) is 2.20. The Kier molecular flexibility index (Phi) is 4.27. The second-order valence-corrected chi connectivity index (χ2v) is 5.34. The lowest BCUT2D eigenvalue weighted by Gasteiger charge is -2.27. The van der Waals surface area contributed by atoms with Gasteiger partial charge in [-0.3, -0.25) is 0 Å². The Morgan fingerprint density at radius 1 is 1.42 bits per heavy atom. The van der Waals surface area contributed by atoms with Gasteiger partial charge in [0.05, 0.1) is 0 Å². The molecular formula is C13H22N6. The molecule has 0 aromatic carbocycles. The van der Waals surface area contributed by atoms with E-state index in [1.54, 1.807) is 4.68 Å². The number of nitrogens with two attached hydrogens (primary N) is 1. The molecule has 2 rings (SSSR count). The number of hydrogen-bond donors (Lipinski definition) is 2. The summed E-state index contributed by atoms with van der Waals surface area (Å²) in [6.45, 7) is 8.69. The molecule has 1 fully saturated rings. The second-order valence-electron chi connectivity index (χ2n) is 5.34. The van der Waals surface area contributed by atoms with Crippen LogP contribution in [0.5, 0.6) is 0 Å². The fourth-order valence-electron chi connectivity index (χ4n) is 2.22. The zero-order chi connectivity index (χ0) is 13.8. The maximum Gasteiger partial charge on any atom is 0.171 e. The van der Waals surface area contributed by atoms with E-state index in [-0.39, 0.29) is 0 Å². The van der Waals surface area contributed by atoms with Gasteiger partial charge in [0.2, 0.25) is 0 Å². The highest BCUT2D eigenvalue weighted by Gasteiger charge is 2.22. The van der Waals surface area contributed by atoms with Gasteiger partial charge in [0.25, 0.3) is 0 Å². The van der Waals surface area contributed by atoms with Gasteiger partial charge < -0.3 is 16.0 Å². The third-order valence-electron chi connectivity index (χ3n) is 3.42.